The first-order valence-electron chi connectivity index (χ1n) is 7.11. The summed E-state index contributed by atoms with van der Waals surface area (Å²) in [6.45, 7) is 1.79. The first-order chi connectivity index (χ1) is 11.1. The van der Waals surface area contributed by atoms with Gasteiger partial charge in [0.2, 0.25) is 5.91 Å². The molecule has 3 heterocycles. The zero-order valence-corrected chi connectivity index (χ0v) is 13.2. The minimum atomic E-state index is -0.485. The second-order valence-corrected chi connectivity index (χ2v) is 5.94. The Morgan fingerprint density at radius 1 is 1.57 bits per heavy atom. The molecule has 122 valence electrons. The van der Waals surface area contributed by atoms with Gasteiger partial charge in [-0.05, 0) is 6.92 Å². The van der Waals surface area contributed by atoms with Gasteiger partial charge < -0.3 is 10.1 Å². The molecule has 0 radical (unpaired) electrons. The molecule has 0 fully saturated rings. The molecular formula is C13H15N5O4S. The molecule has 9 nitrogen and oxygen atoms in total. The highest BCUT2D eigenvalue weighted by atomic mass is 32.2. The molecule has 2 N–H and O–H groups in total. The molecule has 1 atom stereocenters. The maximum atomic E-state index is 12.5. The van der Waals surface area contributed by atoms with Gasteiger partial charge in [-0.1, -0.05) is 11.8 Å². The van der Waals surface area contributed by atoms with E-state index in [1.807, 2.05) is 0 Å². The molecule has 1 unspecified atom stereocenters. The van der Waals surface area contributed by atoms with Gasteiger partial charge in [0.05, 0.1) is 18.8 Å². The van der Waals surface area contributed by atoms with Crippen molar-refractivity contribution in [3.8, 4) is 0 Å². The number of carbonyl (C=O) groups is 2. The highest BCUT2D eigenvalue weighted by Gasteiger charge is 2.28. The lowest BCUT2D eigenvalue weighted by Crippen LogP contribution is -2.34. The van der Waals surface area contributed by atoms with Gasteiger partial charge >= 0.3 is 5.97 Å². The molecule has 3 rings (SSSR count). The SMILES string of the molecule is CCOC(=O)CNC(=O)CC1CSc2nc3[nH]ncc3c(=O)n21. The molecule has 0 aliphatic carbocycles. The normalized spacial score (nSPS) is 16.3. The van der Waals surface area contributed by atoms with E-state index in [0.717, 1.165) is 0 Å². The Balaban J connectivity index is 1.71. The monoisotopic (exact) mass is 337 g/mol. The molecule has 0 spiro atoms. The summed E-state index contributed by atoms with van der Waals surface area (Å²) < 4.78 is 6.26. The minimum absolute atomic E-state index is 0.102. The van der Waals surface area contributed by atoms with Crippen LogP contribution < -0.4 is 10.9 Å². The third-order valence-corrected chi connectivity index (χ3v) is 4.51. The lowest BCUT2D eigenvalue weighted by molar-refractivity contribution is -0.143. The first kappa shape index (κ1) is 15.5. The van der Waals surface area contributed by atoms with Crippen molar-refractivity contribution in [1.29, 1.82) is 0 Å². The summed E-state index contributed by atoms with van der Waals surface area (Å²) in [6, 6.07) is -0.295. The maximum absolute atomic E-state index is 12.5. The van der Waals surface area contributed by atoms with Crippen LogP contribution in [-0.4, -0.2) is 50.5 Å². The van der Waals surface area contributed by atoms with Crippen LogP contribution in [0.4, 0.5) is 0 Å². The second-order valence-electron chi connectivity index (χ2n) is 4.95. The first-order valence-corrected chi connectivity index (χ1v) is 8.09. The average molecular weight is 337 g/mol. The maximum Gasteiger partial charge on any atom is 0.325 e. The summed E-state index contributed by atoms with van der Waals surface area (Å²) in [4.78, 5) is 40.0. The van der Waals surface area contributed by atoms with Crippen molar-refractivity contribution in [2.24, 2.45) is 0 Å². The van der Waals surface area contributed by atoms with Crippen molar-refractivity contribution in [2.45, 2.75) is 24.5 Å². The fourth-order valence-electron chi connectivity index (χ4n) is 2.38. The highest BCUT2D eigenvalue weighted by molar-refractivity contribution is 7.99. The van der Waals surface area contributed by atoms with Gasteiger partial charge in [0, 0.05) is 12.2 Å². The lowest BCUT2D eigenvalue weighted by atomic mass is 10.2. The number of hydrogen-bond acceptors (Lipinski definition) is 7. The quantitative estimate of drug-likeness (QED) is 0.574. The van der Waals surface area contributed by atoms with Gasteiger partial charge in [-0.25, -0.2) is 4.98 Å². The number of aromatic amines is 1. The number of amides is 1. The summed E-state index contributed by atoms with van der Waals surface area (Å²) in [5.74, 6) is -0.216. The Morgan fingerprint density at radius 2 is 2.39 bits per heavy atom. The van der Waals surface area contributed by atoms with E-state index in [9.17, 15) is 14.4 Å². The summed E-state index contributed by atoms with van der Waals surface area (Å²) >= 11 is 1.42. The number of H-pyrrole nitrogens is 1. The number of fused-ring (bicyclic) bond motifs is 2. The molecule has 0 saturated carbocycles. The fraction of sp³-hybridized carbons (Fsp3) is 0.462. The van der Waals surface area contributed by atoms with E-state index in [4.69, 9.17) is 4.74 Å². The van der Waals surface area contributed by atoms with Crippen LogP contribution in [0.15, 0.2) is 16.1 Å². The number of esters is 1. The van der Waals surface area contributed by atoms with Crippen LogP contribution >= 0.6 is 11.8 Å². The van der Waals surface area contributed by atoms with Gasteiger partial charge in [-0.2, -0.15) is 5.10 Å². The molecule has 0 saturated heterocycles. The Kier molecular flexibility index (Phi) is 4.33. The predicted molar refractivity (Wildman–Crippen MR) is 82.2 cm³/mol. The number of ether oxygens (including phenoxy) is 1. The van der Waals surface area contributed by atoms with E-state index in [0.29, 0.717) is 21.9 Å². The highest BCUT2D eigenvalue weighted by Crippen LogP contribution is 2.32. The van der Waals surface area contributed by atoms with Crippen molar-refractivity contribution >= 4 is 34.7 Å². The van der Waals surface area contributed by atoms with Gasteiger partial charge in [-0.3, -0.25) is 24.0 Å². The van der Waals surface area contributed by atoms with Crippen LogP contribution in [0.2, 0.25) is 0 Å². The molecule has 2 aromatic heterocycles. The third kappa shape index (κ3) is 3.07. The largest absolute Gasteiger partial charge is 0.465 e. The number of aromatic nitrogens is 4. The summed E-state index contributed by atoms with van der Waals surface area (Å²) in [6.07, 6.45) is 1.53. The molecule has 0 bridgehead atoms. The molecule has 10 heteroatoms. The van der Waals surface area contributed by atoms with Crippen molar-refractivity contribution in [3.63, 3.8) is 0 Å². The van der Waals surface area contributed by atoms with Gasteiger partial charge in [0.15, 0.2) is 10.8 Å². The van der Waals surface area contributed by atoms with Crippen molar-refractivity contribution in [3.05, 3.63) is 16.6 Å². The smallest absolute Gasteiger partial charge is 0.325 e. The number of hydrogen-bond donors (Lipinski definition) is 2. The van der Waals surface area contributed by atoms with E-state index in [1.165, 1.54) is 22.5 Å². The molecule has 1 aliphatic heterocycles. The Bertz CT molecular complexity index is 814. The Hall–Kier alpha value is -2.36. The van der Waals surface area contributed by atoms with Crippen molar-refractivity contribution in [2.75, 3.05) is 18.9 Å². The fourth-order valence-corrected chi connectivity index (χ4v) is 3.51. The van der Waals surface area contributed by atoms with Gasteiger partial charge in [0.25, 0.3) is 5.56 Å². The second kappa shape index (κ2) is 6.41. The van der Waals surface area contributed by atoms with Crippen LogP contribution in [0.1, 0.15) is 19.4 Å². The number of rotatable bonds is 5. The molecule has 1 aliphatic rings. The van der Waals surface area contributed by atoms with Gasteiger partial charge in [-0.15, -0.1) is 0 Å². The molecule has 23 heavy (non-hydrogen) atoms. The summed E-state index contributed by atoms with van der Waals surface area (Å²) in [7, 11) is 0. The zero-order valence-electron chi connectivity index (χ0n) is 12.4. The summed E-state index contributed by atoms with van der Waals surface area (Å²) in [5.41, 5.74) is 0.230. The van der Waals surface area contributed by atoms with Crippen molar-refractivity contribution < 1.29 is 14.3 Å². The average Bonchev–Trinajstić information content (AvgIpc) is 3.13. The molecule has 2 aromatic rings. The van der Waals surface area contributed by atoms with Crippen LogP contribution in [0, 0.1) is 0 Å². The lowest BCUT2D eigenvalue weighted by Gasteiger charge is -2.13. The summed E-state index contributed by atoms with van der Waals surface area (Å²) in [5, 5.41) is 9.95. The zero-order chi connectivity index (χ0) is 16.4. The predicted octanol–water partition coefficient (Wildman–Crippen LogP) is -0.164. The van der Waals surface area contributed by atoms with Crippen molar-refractivity contribution in [1.82, 2.24) is 25.1 Å². The standard InChI is InChI=1S/C13H15N5O4S/c1-2-22-10(20)5-14-9(19)3-7-6-23-13-16-11-8(4-15-17-11)12(21)18(7)13/h4,7H,2-3,5-6H2,1H3,(H,14,19)(H,15,17). The van der Waals surface area contributed by atoms with Crippen LogP contribution in [-0.2, 0) is 14.3 Å². The molecular weight excluding hydrogens is 322 g/mol. The van der Waals surface area contributed by atoms with E-state index in [2.05, 4.69) is 20.5 Å². The molecule has 1 amide bonds. The van der Waals surface area contributed by atoms with Crippen LogP contribution in [0.25, 0.3) is 11.0 Å². The van der Waals surface area contributed by atoms with Crippen LogP contribution in [0.3, 0.4) is 0 Å². The number of nitrogens with one attached hydrogen (secondary N) is 2. The third-order valence-electron chi connectivity index (χ3n) is 3.41. The minimum Gasteiger partial charge on any atom is -0.465 e. The van der Waals surface area contributed by atoms with E-state index >= 15 is 0 Å². The number of thioether (sulfide) groups is 1. The van der Waals surface area contributed by atoms with E-state index < -0.39 is 5.97 Å². The topological polar surface area (TPSA) is 119 Å². The van der Waals surface area contributed by atoms with Gasteiger partial charge in [0.1, 0.15) is 11.9 Å². The number of nitrogens with zero attached hydrogens (tertiary/aromatic N) is 3. The Labute approximate surface area is 134 Å². The van der Waals surface area contributed by atoms with E-state index in [1.54, 1.807) is 6.92 Å². The van der Waals surface area contributed by atoms with Crippen LogP contribution in [0.5, 0.6) is 0 Å². The molecule has 0 aromatic carbocycles. The van der Waals surface area contributed by atoms with E-state index in [-0.39, 0.29) is 37.1 Å². The Morgan fingerprint density at radius 3 is 3.17 bits per heavy atom. The number of carbonyl (C=O) groups excluding carboxylic acids is 2.